The Balaban J connectivity index is 1.68. The van der Waals surface area contributed by atoms with Crippen molar-refractivity contribution < 1.29 is 13.2 Å². The van der Waals surface area contributed by atoms with Crippen molar-refractivity contribution in [3.05, 3.63) is 45.7 Å². The van der Waals surface area contributed by atoms with E-state index in [9.17, 15) is 13.2 Å². The van der Waals surface area contributed by atoms with Gasteiger partial charge in [0.25, 0.3) is 0 Å². The van der Waals surface area contributed by atoms with Gasteiger partial charge in [-0.1, -0.05) is 6.07 Å². The molecule has 0 amide bonds. The van der Waals surface area contributed by atoms with Gasteiger partial charge in [0.15, 0.2) is 5.82 Å². The monoisotopic (exact) mass is 434 g/mol. The van der Waals surface area contributed by atoms with Crippen molar-refractivity contribution in [1.82, 2.24) is 10.2 Å². The molecule has 0 atom stereocenters. The fourth-order valence-corrected chi connectivity index (χ4v) is 2.84. The van der Waals surface area contributed by atoms with Crippen LogP contribution in [0.15, 0.2) is 36.4 Å². The van der Waals surface area contributed by atoms with E-state index < -0.39 is 11.7 Å². The lowest BCUT2D eigenvalue weighted by atomic mass is 10.1. The number of aromatic nitrogens is 2. The van der Waals surface area contributed by atoms with Crippen LogP contribution in [0.4, 0.5) is 24.7 Å². The molecule has 122 valence electrons. The molecule has 8 heteroatoms. The van der Waals surface area contributed by atoms with E-state index in [0.29, 0.717) is 31.9 Å². The minimum atomic E-state index is -4.31. The van der Waals surface area contributed by atoms with Crippen molar-refractivity contribution in [2.24, 2.45) is 0 Å². The van der Waals surface area contributed by atoms with Crippen molar-refractivity contribution in [3.8, 4) is 0 Å². The molecule has 1 aromatic carbocycles. The predicted molar refractivity (Wildman–Crippen MR) is 90.6 cm³/mol. The number of halogens is 4. The Hall–Kier alpha value is -1.58. The standard InChI is InChI=1S/C15H14F3IN4/c16-15(17,18)11-2-1-3-12(10-11)22-6-8-23(9-7-22)14-5-4-13(19)20-21-14/h1-5,10H,6-9H2. The molecule has 2 aromatic rings. The number of alkyl halides is 3. The highest BCUT2D eigenvalue weighted by molar-refractivity contribution is 14.1. The third kappa shape index (κ3) is 3.85. The molecule has 1 saturated heterocycles. The van der Waals surface area contributed by atoms with E-state index in [2.05, 4.69) is 37.7 Å². The Morgan fingerprint density at radius 3 is 2.22 bits per heavy atom. The van der Waals surface area contributed by atoms with E-state index in [0.717, 1.165) is 15.6 Å². The number of rotatable bonds is 2. The Morgan fingerprint density at radius 2 is 1.61 bits per heavy atom. The van der Waals surface area contributed by atoms with E-state index in [1.54, 1.807) is 6.07 Å². The number of hydrogen-bond acceptors (Lipinski definition) is 4. The smallest absolute Gasteiger partial charge is 0.368 e. The van der Waals surface area contributed by atoms with Crippen molar-refractivity contribution in [2.75, 3.05) is 36.0 Å². The Bertz CT molecular complexity index is 667. The molecular weight excluding hydrogens is 420 g/mol. The highest BCUT2D eigenvalue weighted by Gasteiger charge is 2.31. The average Bonchev–Trinajstić information content (AvgIpc) is 2.55. The van der Waals surface area contributed by atoms with Gasteiger partial charge < -0.3 is 9.80 Å². The molecule has 1 aliphatic rings. The highest BCUT2D eigenvalue weighted by atomic mass is 127. The minimum absolute atomic E-state index is 0.605. The predicted octanol–water partition coefficient (Wildman–Crippen LogP) is 3.43. The van der Waals surface area contributed by atoms with Gasteiger partial charge in [-0.15, -0.1) is 10.2 Å². The van der Waals surface area contributed by atoms with Crippen LogP contribution in [0.2, 0.25) is 0 Å². The summed E-state index contributed by atoms with van der Waals surface area (Å²) in [7, 11) is 0. The second kappa shape index (κ2) is 6.50. The molecule has 23 heavy (non-hydrogen) atoms. The van der Waals surface area contributed by atoms with Crippen LogP contribution < -0.4 is 9.80 Å². The Kier molecular flexibility index (Phi) is 4.60. The maximum absolute atomic E-state index is 12.8. The van der Waals surface area contributed by atoms with Crippen LogP contribution in [0.25, 0.3) is 0 Å². The molecule has 0 radical (unpaired) electrons. The summed E-state index contributed by atoms with van der Waals surface area (Å²) in [5.74, 6) is 0.800. The summed E-state index contributed by atoms with van der Waals surface area (Å²) in [4.78, 5) is 4.05. The molecule has 4 nitrogen and oxygen atoms in total. The summed E-state index contributed by atoms with van der Waals surface area (Å²) in [6.07, 6.45) is -4.31. The van der Waals surface area contributed by atoms with Crippen LogP contribution in [-0.2, 0) is 6.18 Å². The van der Waals surface area contributed by atoms with Gasteiger partial charge in [0, 0.05) is 31.9 Å². The van der Waals surface area contributed by atoms with E-state index in [4.69, 9.17) is 0 Å². The number of hydrogen-bond donors (Lipinski definition) is 0. The quantitative estimate of drug-likeness (QED) is 0.679. The van der Waals surface area contributed by atoms with Crippen molar-refractivity contribution in [1.29, 1.82) is 0 Å². The molecule has 1 fully saturated rings. The summed E-state index contributed by atoms with van der Waals surface area (Å²) in [5.41, 5.74) is -0.00546. The lowest BCUT2D eigenvalue weighted by Crippen LogP contribution is -2.47. The fraction of sp³-hybridized carbons (Fsp3) is 0.333. The maximum Gasteiger partial charge on any atom is 0.416 e. The normalized spacial score (nSPS) is 15.8. The van der Waals surface area contributed by atoms with Crippen molar-refractivity contribution >= 4 is 34.1 Å². The molecule has 0 spiro atoms. The average molecular weight is 434 g/mol. The third-order valence-electron chi connectivity index (χ3n) is 3.76. The van der Waals surface area contributed by atoms with E-state index in [1.165, 1.54) is 12.1 Å². The first-order valence-corrected chi connectivity index (χ1v) is 8.18. The van der Waals surface area contributed by atoms with Gasteiger partial charge in [0.1, 0.15) is 3.70 Å². The van der Waals surface area contributed by atoms with Gasteiger partial charge in [0.2, 0.25) is 0 Å². The molecule has 0 bridgehead atoms. The van der Waals surface area contributed by atoms with Crippen molar-refractivity contribution in [3.63, 3.8) is 0 Å². The molecule has 0 saturated carbocycles. The van der Waals surface area contributed by atoms with Crippen LogP contribution >= 0.6 is 22.6 Å². The van der Waals surface area contributed by atoms with Gasteiger partial charge in [-0.3, -0.25) is 0 Å². The first-order valence-electron chi connectivity index (χ1n) is 7.10. The summed E-state index contributed by atoms with van der Waals surface area (Å²) in [6.45, 7) is 2.70. The zero-order chi connectivity index (χ0) is 16.4. The van der Waals surface area contributed by atoms with Crippen LogP contribution in [-0.4, -0.2) is 36.4 Å². The fourth-order valence-electron chi connectivity index (χ4n) is 2.55. The minimum Gasteiger partial charge on any atom is -0.368 e. The van der Waals surface area contributed by atoms with E-state index in [-0.39, 0.29) is 0 Å². The second-order valence-corrected chi connectivity index (χ2v) is 6.34. The first-order chi connectivity index (χ1) is 10.9. The Labute approximate surface area is 145 Å². The molecular formula is C15H14F3IN4. The van der Waals surface area contributed by atoms with Crippen molar-refractivity contribution in [2.45, 2.75) is 6.18 Å². The molecule has 2 heterocycles. The number of benzene rings is 1. The van der Waals surface area contributed by atoms with E-state index in [1.807, 2.05) is 17.0 Å². The van der Waals surface area contributed by atoms with Crippen LogP contribution in [0.1, 0.15) is 5.56 Å². The van der Waals surface area contributed by atoms with E-state index >= 15 is 0 Å². The van der Waals surface area contributed by atoms with Crippen LogP contribution in [0, 0.1) is 3.70 Å². The third-order valence-corrected chi connectivity index (χ3v) is 4.34. The maximum atomic E-state index is 12.8. The molecule has 1 aromatic heterocycles. The lowest BCUT2D eigenvalue weighted by Gasteiger charge is -2.36. The molecule has 0 unspecified atom stereocenters. The van der Waals surface area contributed by atoms with Gasteiger partial charge >= 0.3 is 6.18 Å². The summed E-state index contributed by atoms with van der Waals surface area (Å²) >= 11 is 2.10. The molecule has 1 aliphatic heterocycles. The number of piperazine rings is 1. The molecule has 0 aliphatic carbocycles. The topological polar surface area (TPSA) is 32.3 Å². The Morgan fingerprint density at radius 1 is 0.913 bits per heavy atom. The summed E-state index contributed by atoms with van der Waals surface area (Å²) in [5, 5.41) is 8.17. The van der Waals surface area contributed by atoms with Gasteiger partial charge in [-0.05, 0) is 52.9 Å². The number of nitrogens with zero attached hydrogens (tertiary/aromatic N) is 4. The summed E-state index contributed by atoms with van der Waals surface area (Å²) < 4.78 is 39.3. The van der Waals surface area contributed by atoms with Gasteiger partial charge in [-0.2, -0.15) is 13.2 Å². The largest absolute Gasteiger partial charge is 0.416 e. The molecule has 0 N–H and O–H groups in total. The number of anilines is 2. The molecule has 3 rings (SSSR count). The zero-order valence-electron chi connectivity index (χ0n) is 12.1. The SMILES string of the molecule is FC(F)(F)c1cccc(N2CCN(c3ccc(I)nn3)CC2)c1. The zero-order valence-corrected chi connectivity index (χ0v) is 14.3. The highest BCUT2D eigenvalue weighted by Crippen LogP contribution is 2.32. The first kappa shape index (κ1) is 16.3. The van der Waals surface area contributed by atoms with Crippen LogP contribution in [0.3, 0.4) is 0 Å². The van der Waals surface area contributed by atoms with Gasteiger partial charge in [0.05, 0.1) is 5.56 Å². The summed E-state index contributed by atoms with van der Waals surface area (Å²) in [6, 6.07) is 9.28. The lowest BCUT2D eigenvalue weighted by molar-refractivity contribution is -0.137. The van der Waals surface area contributed by atoms with Crippen LogP contribution in [0.5, 0.6) is 0 Å². The van der Waals surface area contributed by atoms with Gasteiger partial charge in [-0.25, -0.2) is 0 Å². The second-order valence-electron chi connectivity index (χ2n) is 5.24.